The van der Waals surface area contributed by atoms with Crippen molar-refractivity contribution in [1.82, 2.24) is 19.4 Å². The van der Waals surface area contributed by atoms with Crippen molar-refractivity contribution in [3.8, 4) is 5.88 Å². The standard InChI is InChI=1S/C13H17ClN4O/c1-8(2)17-4-5-18-11(7-17)15-10-6-9(14)13(19-3)16-12(10)18/h6,8H,4-5,7H2,1-3H3. The quantitative estimate of drug-likeness (QED) is 0.847. The van der Waals surface area contributed by atoms with Crippen LogP contribution in [0.25, 0.3) is 11.2 Å². The molecular formula is C13H17ClN4O. The third-order valence-corrected chi connectivity index (χ3v) is 3.87. The van der Waals surface area contributed by atoms with Gasteiger partial charge in [0.2, 0.25) is 5.88 Å². The molecular weight excluding hydrogens is 264 g/mol. The highest BCUT2D eigenvalue weighted by atomic mass is 35.5. The second-order valence-corrected chi connectivity index (χ2v) is 5.47. The van der Waals surface area contributed by atoms with Crippen molar-refractivity contribution < 1.29 is 4.74 Å². The molecule has 0 bridgehead atoms. The van der Waals surface area contributed by atoms with E-state index in [2.05, 4.69) is 33.3 Å². The van der Waals surface area contributed by atoms with Crippen LogP contribution in [0.3, 0.4) is 0 Å². The number of methoxy groups -OCH3 is 1. The number of hydrogen-bond acceptors (Lipinski definition) is 4. The van der Waals surface area contributed by atoms with Gasteiger partial charge in [-0.2, -0.15) is 4.98 Å². The van der Waals surface area contributed by atoms with Crippen LogP contribution in [0.5, 0.6) is 5.88 Å². The van der Waals surface area contributed by atoms with E-state index in [1.807, 2.05) is 6.07 Å². The maximum absolute atomic E-state index is 6.10. The number of pyridine rings is 1. The predicted octanol–water partition coefficient (Wildman–Crippen LogP) is 2.32. The fraction of sp³-hybridized carbons (Fsp3) is 0.538. The zero-order chi connectivity index (χ0) is 13.6. The lowest BCUT2D eigenvalue weighted by Gasteiger charge is -2.30. The van der Waals surface area contributed by atoms with Gasteiger partial charge in [0.1, 0.15) is 16.4 Å². The Bertz CT molecular complexity index is 623. The number of aromatic nitrogens is 3. The second-order valence-electron chi connectivity index (χ2n) is 5.07. The normalized spacial score (nSPS) is 16.1. The monoisotopic (exact) mass is 280 g/mol. The molecule has 5 nitrogen and oxygen atoms in total. The summed E-state index contributed by atoms with van der Waals surface area (Å²) in [6.45, 7) is 7.19. The molecule has 0 N–H and O–H groups in total. The molecule has 0 atom stereocenters. The molecule has 0 fully saturated rings. The van der Waals surface area contributed by atoms with Gasteiger partial charge < -0.3 is 9.30 Å². The van der Waals surface area contributed by atoms with Crippen molar-refractivity contribution in [1.29, 1.82) is 0 Å². The molecule has 0 aliphatic carbocycles. The van der Waals surface area contributed by atoms with Gasteiger partial charge in [0.05, 0.1) is 13.7 Å². The van der Waals surface area contributed by atoms with Gasteiger partial charge in [-0.05, 0) is 19.9 Å². The molecule has 102 valence electrons. The third kappa shape index (κ3) is 2.07. The number of fused-ring (bicyclic) bond motifs is 3. The van der Waals surface area contributed by atoms with E-state index in [9.17, 15) is 0 Å². The van der Waals surface area contributed by atoms with Crippen LogP contribution >= 0.6 is 11.6 Å². The highest BCUT2D eigenvalue weighted by Gasteiger charge is 2.23. The lowest BCUT2D eigenvalue weighted by Crippen LogP contribution is -2.38. The van der Waals surface area contributed by atoms with Crippen LogP contribution in [0.2, 0.25) is 5.02 Å². The zero-order valence-electron chi connectivity index (χ0n) is 11.4. The van der Waals surface area contributed by atoms with Crippen LogP contribution in [-0.2, 0) is 13.1 Å². The van der Waals surface area contributed by atoms with Gasteiger partial charge in [0, 0.05) is 19.1 Å². The highest BCUT2D eigenvalue weighted by Crippen LogP contribution is 2.28. The highest BCUT2D eigenvalue weighted by molar-refractivity contribution is 6.32. The molecule has 3 heterocycles. The van der Waals surface area contributed by atoms with Crippen molar-refractivity contribution >= 4 is 22.8 Å². The van der Waals surface area contributed by atoms with Crippen molar-refractivity contribution in [2.75, 3.05) is 13.7 Å². The summed E-state index contributed by atoms with van der Waals surface area (Å²) in [6, 6.07) is 2.35. The van der Waals surface area contributed by atoms with Crippen LogP contribution in [0.4, 0.5) is 0 Å². The van der Waals surface area contributed by atoms with E-state index in [0.29, 0.717) is 16.9 Å². The molecule has 6 heteroatoms. The molecule has 0 spiro atoms. The molecule has 0 saturated heterocycles. The van der Waals surface area contributed by atoms with Gasteiger partial charge in [-0.25, -0.2) is 4.98 Å². The van der Waals surface area contributed by atoms with Gasteiger partial charge in [0.25, 0.3) is 0 Å². The van der Waals surface area contributed by atoms with Gasteiger partial charge >= 0.3 is 0 Å². The first-order chi connectivity index (χ1) is 9.10. The van der Waals surface area contributed by atoms with Gasteiger partial charge in [0.15, 0.2) is 5.65 Å². The molecule has 3 rings (SSSR count). The smallest absolute Gasteiger partial charge is 0.234 e. The molecule has 0 saturated carbocycles. The van der Waals surface area contributed by atoms with E-state index < -0.39 is 0 Å². The minimum absolute atomic E-state index is 0.461. The Morgan fingerprint density at radius 2 is 2.11 bits per heavy atom. The van der Waals surface area contributed by atoms with Crippen LogP contribution in [-0.4, -0.2) is 39.1 Å². The number of rotatable bonds is 2. The lowest BCUT2D eigenvalue weighted by atomic mass is 10.2. The summed E-state index contributed by atoms with van der Waals surface area (Å²) in [5.74, 6) is 1.51. The van der Waals surface area contributed by atoms with Crippen molar-refractivity contribution in [2.24, 2.45) is 0 Å². The Labute approximate surface area is 117 Å². The van der Waals surface area contributed by atoms with E-state index in [1.165, 1.54) is 0 Å². The minimum atomic E-state index is 0.461. The number of halogens is 1. The van der Waals surface area contributed by atoms with Crippen LogP contribution in [0.1, 0.15) is 19.7 Å². The average Bonchev–Trinajstić information content (AvgIpc) is 2.73. The minimum Gasteiger partial charge on any atom is -0.480 e. The molecule has 2 aromatic rings. The van der Waals surface area contributed by atoms with E-state index >= 15 is 0 Å². The van der Waals surface area contributed by atoms with Crippen molar-refractivity contribution in [3.05, 3.63) is 16.9 Å². The van der Waals surface area contributed by atoms with Crippen LogP contribution in [0.15, 0.2) is 6.07 Å². The molecule has 19 heavy (non-hydrogen) atoms. The summed E-state index contributed by atoms with van der Waals surface area (Å²) >= 11 is 6.10. The van der Waals surface area contributed by atoms with Crippen LogP contribution < -0.4 is 4.74 Å². The summed E-state index contributed by atoms with van der Waals surface area (Å²) < 4.78 is 7.34. The number of imidazole rings is 1. The molecule has 0 unspecified atom stereocenters. The molecule has 0 radical (unpaired) electrons. The van der Waals surface area contributed by atoms with E-state index in [-0.39, 0.29) is 0 Å². The number of ether oxygens (including phenoxy) is 1. The molecule has 0 aromatic carbocycles. The zero-order valence-corrected chi connectivity index (χ0v) is 12.1. The van der Waals surface area contributed by atoms with E-state index in [0.717, 1.165) is 36.6 Å². The lowest BCUT2D eigenvalue weighted by molar-refractivity contribution is 0.175. The molecule has 0 amide bonds. The third-order valence-electron chi connectivity index (χ3n) is 3.60. The van der Waals surface area contributed by atoms with Gasteiger partial charge in [-0.3, -0.25) is 4.90 Å². The van der Waals surface area contributed by atoms with Crippen molar-refractivity contribution in [2.45, 2.75) is 33.0 Å². The Morgan fingerprint density at radius 1 is 1.32 bits per heavy atom. The molecule has 1 aliphatic heterocycles. The second kappa shape index (κ2) is 4.65. The Balaban J connectivity index is 2.09. The number of hydrogen-bond donors (Lipinski definition) is 0. The maximum atomic E-state index is 6.10. The first-order valence-corrected chi connectivity index (χ1v) is 6.81. The summed E-state index contributed by atoms with van der Waals surface area (Å²) in [7, 11) is 1.58. The fourth-order valence-corrected chi connectivity index (χ4v) is 2.71. The first-order valence-electron chi connectivity index (χ1n) is 6.44. The summed E-state index contributed by atoms with van der Waals surface area (Å²) in [5, 5.41) is 0.506. The first kappa shape index (κ1) is 12.7. The summed E-state index contributed by atoms with van der Waals surface area (Å²) in [6.07, 6.45) is 0. The maximum Gasteiger partial charge on any atom is 0.234 e. The van der Waals surface area contributed by atoms with Crippen molar-refractivity contribution in [3.63, 3.8) is 0 Å². The Hall–Kier alpha value is -1.33. The SMILES string of the molecule is COc1nc2c(cc1Cl)nc1n2CCN(C(C)C)C1. The fourth-order valence-electron chi connectivity index (χ4n) is 2.48. The Kier molecular flexibility index (Phi) is 3.11. The van der Waals surface area contributed by atoms with E-state index in [1.54, 1.807) is 7.11 Å². The molecule has 2 aromatic heterocycles. The average molecular weight is 281 g/mol. The molecule has 1 aliphatic rings. The topological polar surface area (TPSA) is 43.2 Å². The van der Waals surface area contributed by atoms with E-state index in [4.69, 9.17) is 16.3 Å². The largest absolute Gasteiger partial charge is 0.480 e. The predicted molar refractivity (Wildman–Crippen MR) is 74.6 cm³/mol. The van der Waals surface area contributed by atoms with Gasteiger partial charge in [-0.15, -0.1) is 0 Å². The van der Waals surface area contributed by atoms with Crippen LogP contribution in [0, 0.1) is 0 Å². The summed E-state index contributed by atoms with van der Waals surface area (Å²) in [5.41, 5.74) is 1.70. The number of nitrogens with zero attached hydrogens (tertiary/aromatic N) is 4. The Morgan fingerprint density at radius 3 is 2.79 bits per heavy atom. The van der Waals surface area contributed by atoms with Gasteiger partial charge in [-0.1, -0.05) is 11.6 Å². The summed E-state index contributed by atoms with van der Waals surface area (Å²) in [4.78, 5) is 11.5.